The number of rotatable bonds is 6. The summed E-state index contributed by atoms with van der Waals surface area (Å²) in [5.74, 6) is 0.540. The average Bonchev–Trinajstić information content (AvgIpc) is 3.22. The Morgan fingerprint density at radius 2 is 1.96 bits per heavy atom. The molecule has 7 heteroatoms. The molecule has 2 heterocycles. The highest BCUT2D eigenvalue weighted by atomic mass is 16.2. The lowest BCUT2D eigenvalue weighted by molar-refractivity contribution is 0.262. The predicted octanol–water partition coefficient (Wildman–Crippen LogP) is 3.18. The highest BCUT2D eigenvalue weighted by molar-refractivity contribution is 5.99. The third-order valence-corrected chi connectivity index (χ3v) is 3.47. The molecule has 0 bridgehead atoms. The lowest BCUT2D eigenvalue weighted by Crippen LogP contribution is -2.19. The summed E-state index contributed by atoms with van der Waals surface area (Å²) in [6.07, 6.45) is 8.29. The molecule has 124 valence electrons. The van der Waals surface area contributed by atoms with Crippen LogP contribution >= 0.6 is 0 Å². The Hall–Kier alpha value is -3.09. The van der Waals surface area contributed by atoms with Gasteiger partial charge in [-0.3, -0.25) is 10.00 Å². The van der Waals surface area contributed by atoms with Gasteiger partial charge in [-0.05, 0) is 24.1 Å². The van der Waals surface area contributed by atoms with Crippen molar-refractivity contribution in [2.75, 3.05) is 10.6 Å². The first-order chi connectivity index (χ1) is 11.7. The Kier molecular flexibility index (Phi) is 4.90. The molecule has 24 heavy (non-hydrogen) atoms. The van der Waals surface area contributed by atoms with Crippen molar-refractivity contribution in [3.63, 3.8) is 0 Å². The Balaban J connectivity index is 1.53. The molecule has 7 nitrogen and oxygen atoms in total. The van der Waals surface area contributed by atoms with Gasteiger partial charge in [0, 0.05) is 43.4 Å². The van der Waals surface area contributed by atoms with E-state index in [-0.39, 0.29) is 6.03 Å². The van der Waals surface area contributed by atoms with Crippen LogP contribution < -0.4 is 10.6 Å². The number of urea groups is 1. The van der Waals surface area contributed by atoms with Crippen LogP contribution in [0.3, 0.4) is 0 Å². The zero-order chi connectivity index (χ0) is 16.8. The van der Waals surface area contributed by atoms with Crippen molar-refractivity contribution in [3.8, 4) is 0 Å². The minimum absolute atomic E-state index is 0.306. The van der Waals surface area contributed by atoms with Crippen LogP contribution in [0.4, 0.5) is 16.3 Å². The van der Waals surface area contributed by atoms with Gasteiger partial charge in [0.2, 0.25) is 0 Å². The standard InChI is InChI=1S/C17H20N6O/c1-2-9-23-10-7-16(21-23)20-17(24)19-15-5-3-14(4-6-15)12-22-11-8-18-13-22/h3-8,10-11,13H,2,9,12H2,1H3,(H2,19,20,21,24). The normalized spacial score (nSPS) is 10.5. The molecule has 0 atom stereocenters. The topological polar surface area (TPSA) is 76.8 Å². The number of hydrogen-bond acceptors (Lipinski definition) is 3. The summed E-state index contributed by atoms with van der Waals surface area (Å²) in [4.78, 5) is 16.0. The van der Waals surface area contributed by atoms with Gasteiger partial charge in [-0.15, -0.1) is 0 Å². The Bertz CT molecular complexity index is 776. The maximum atomic E-state index is 12.0. The van der Waals surface area contributed by atoms with Crippen LogP contribution in [0.5, 0.6) is 0 Å². The first kappa shape index (κ1) is 15.8. The summed E-state index contributed by atoms with van der Waals surface area (Å²) in [5, 5.41) is 9.80. The van der Waals surface area contributed by atoms with E-state index in [9.17, 15) is 4.79 Å². The Morgan fingerprint density at radius 3 is 2.67 bits per heavy atom. The zero-order valence-electron chi connectivity index (χ0n) is 13.5. The smallest absolute Gasteiger partial charge is 0.324 e. The molecule has 1 aromatic carbocycles. The number of nitrogens with one attached hydrogen (secondary N) is 2. The lowest BCUT2D eigenvalue weighted by atomic mass is 10.2. The molecule has 2 N–H and O–H groups in total. The molecule has 2 amide bonds. The maximum absolute atomic E-state index is 12.0. The molecule has 0 spiro atoms. The highest BCUT2D eigenvalue weighted by Gasteiger charge is 2.05. The van der Waals surface area contributed by atoms with Crippen molar-refractivity contribution in [1.29, 1.82) is 0 Å². The average molecular weight is 324 g/mol. The molecule has 0 aliphatic heterocycles. The number of imidazole rings is 1. The van der Waals surface area contributed by atoms with Gasteiger partial charge in [0.05, 0.1) is 6.33 Å². The highest BCUT2D eigenvalue weighted by Crippen LogP contribution is 2.12. The minimum Gasteiger partial charge on any atom is -0.333 e. The fourth-order valence-electron chi connectivity index (χ4n) is 2.35. The first-order valence-electron chi connectivity index (χ1n) is 7.89. The van der Waals surface area contributed by atoms with E-state index in [4.69, 9.17) is 0 Å². The third-order valence-electron chi connectivity index (χ3n) is 3.47. The Labute approximate surface area is 140 Å². The van der Waals surface area contributed by atoms with Gasteiger partial charge in [0.25, 0.3) is 0 Å². The second-order valence-electron chi connectivity index (χ2n) is 5.48. The first-order valence-corrected chi connectivity index (χ1v) is 7.89. The quantitative estimate of drug-likeness (QED) is 0.731. The van der Waals surface area contributed by atoms with E-state index in [2.05, 4.69) is 27.6 Å². The van der Waals surface area contributed by atoms with Crippen LogP contribution in [0.2, 0.25) is 0 Å². The van der Waals surface area contributed by atoms with E-state index in [1.807, 2.05) is 41.2 Å². The second-order valence-corrected chi connectivity index (χ2v) is 5.48. The van der Waals surface area contributed by atoms with Crippen molar-refractivity contribution in [2.45, 2.75) is 26.4 Å². The number of aryl methyl sites for hydroxylation is 1. The van der Waals surface area contributed by atoms with Crippen LogP contribution in [0.25, 0.3) is 0 Å². The molecule has 0 radical (unpaired) electrons. The summed E-state index contributed by atoms with van der Waals surface area (Å²) < 4.78 is 3.79. The van der Waals surface area contributed by atoms with Crippen LogP contribution in [-0.4, -0.2) is 25.4 Å². The minimum atomic E-state index is -0.306. The molecule has 0 saturated heterocycles. The molecule has 0 aliphatic carbocycles. The summed E-state index contributed by atoms with van der Waals surface area (Å²) in [5.41, 5.74) is 1.87. The van der Waals surface area contributed by atoms with Crippen molar-refractivity contribution in [3.05, 3.63) is 60.8 Å². The predicted molar refractivity (Wildman–Crippen MR) is 92.9 cm³/mol. The van der Waals surface area contributed by atoms with Crippen LogP contribution in [0.15, 0.2) is 55.2 Å². The van der Waals surface area contributed by atoms with Gasteiger partial charge in [0.1, 0.15) is 0 Å². The van der Waals surface area contributed by atoms with Gasteiger partial charge in [0.15, 0.2) is 5.82 Å². The SMILES string of the molecule is CCCn1ccc(NC(=O)Nc2ccc(Cn3ccnc3)cc2)n1. The second kappa shape index (κ2) is 7.45. The molecule has 0 unspecified atom stereocenters. The van der Waals surface area contributed by atoms with Crippen LogP contribution in [0, 0.1) is 0 Å². The van der Waals surface area contributed by atoms with Crippen LogP contribution in [0.1, 0.15) is 18.9 Å². The summed E-state index contributed by atoms with van der Waals surface area (Å²) in [7, 11) is 0. The van der Waals surface area contributed by atoms with Crippen molar-refractivity contribution < 1.29 is 4.79 Å². The fourth-order valence-corrected chi connectivity index (χ4v) is 2.35. The Morgan fingerprint density at radius 1 is 1.12 bits per heavy atom. The maximum Gasteiger partial charge on any atom is 0.324 e. The van der Waals surface area contributed by atoms with E-state index in [0.717, 1.165) is 30.8 Å². The van der Waals surface area contributed by atoms with E-state index < -0.39 is 0 Å². The molecule has 3 rings (SSSR count). The van der Waals surface area contributed by atoms with E-state index >= 15 is 0 Å². The number of carbonyl (C=O) groups is 1. The molecule has 0 fully saturated rings. The van der Waals surface area contributed by atoms with Crippen LogP contribution in [-0.2, 0) is 13.1 Å². The largest absolute Gasteiger partial charge is 0.333 e. The monoisotopic (exact) mass is 324 g/mol. The molecular formula is C17H20N6O. The van der Waals surface area contributed by atoms with Gasteiger partial charge in [-0.2, -0.15) is 5.10 Å². The van der Waals surface area contributed by atoms with E-state index in [1.54, 1.807) is 23.3 Å². The number of hydrogen-bond donors (Lipinski definition) is 2. The third kappa shape index (κ3) is 4.22. The molecule has 0 aliphatic rings. The van der Waals surface area contributed by atoms with Gasteiger partial charge < -0.3 is 9.88 Å². The number of nitrogens with zero attached hydrogens (tertiary/aromatic N) is 4. The zero-order valence-corrected chi connectivity index (χ0v) is 13.5. The molecule has 2 aromatic heterocycles. The molecule has 0 saturated carbocycles. The lowest BCUT2D eigenvalue weighted by Gasteiger charge is -2.07. The van der Waals surface area contributed by atoms with E-state index in [1.165, 1.54) is 0 Å². The summed E-state index contributed by atoms with van der Waals surface area (Å²) in [6.45, 7) is 3.67. The number of amides is 2. The summed E-state index contributed by atoms with van der Waals surface area (Å²) in [6, 6.07) is 9.18. The summed E-state index contributed by atoms with van der Waals surface area (Å²) >= 11 is 0. The van der Waals surface area contributed by atoms with E-state index in [0.29, 0.717) is 5.82 Å². The van der Waals surface area contributed by atoms with Crippen molar-refractivity contribution >= 4 is 17.5 Å². The van der Waals surface area contributed by atoms with Crippen molar-refractivity contribution in [1.82, 2.24) is 19.3 Å². The van der Waals surface area contributed by atoms with Gasteiger partial charge >= 0.3 is 6.03 Å². The fraction of sp³-hybridized carbons (Fsp3) is 0.235. The molecular weight excluding hydrogens is 304 g/mol. The number of carbonyl (C=O) groups excluding carboxylic acids is 1. The molecule has 3 aromatic rings. The number of aromatic nitrogens is 4. The van der Waals surface area contributed by atoms with Gasteiger partial charge in [-0.25, -0.2) is 9.78 Å². The number of benzene rings is 1. The van der Waals surface area contributed by atoms with Crippen molar-refractivity contribution in [2.24, 2.45) is 0 Å². The number of anilines is 2. The van der Waals surface area contributed by atoms with Gasteiger partial charge in [-0.1, -0.05) is 19.1 Å².